The Morgan fingerprint density at radius 2 is 1.91 bits per heavy atom. The minimum Gasteiger partial charge on any atom is -0.396 e. The lowest BCUT2D eigenvalue weighted by atomic mass is 9.47. The molecule has 6 nitrogen and oxygen atoms in total. The van der Waals surface area contributed by atoms with E-state index in [0.717, 1.165) is 36.5 Å². The highest BCUT2D eigenvalue weighted by atomic mass is 32.1. The minimum absolute atomic E-state index is 0.0282. The molecular formula is C28H39N3O3S. The van der Waals surface area contributed by atoms with Crippen molar-refractivity contribution in [2.75, 3.05) is 11.9 Å². The monoisotopic (exact) mass is 497 g/mol. The summed E-state index contributed by atoms with van der Waals surface area (Å²) in [4.78, 5) is 19.5. The van der Waals surface area contributed by atoms with Gasteiger partial charge >= 0.3 is 0 Å². The fraction of sp³-hybridized carbons (Fsp3) is 0.643. The average molecular weight is 498 g/mol. The highest BCUT2D eigenvalue weighted by molar-refractivity contribution is 7.15. The van der Waals surface area contributed by atoms with Crippen LogP contribution < -0.4 is 10.6 Å². The third-order valence-corrected chi connectivity index (χ3v) is 10.3. The second-order valence-electron chi connectivity index (χ2n) is 11.5. The number of benzene rings is 1. The summed E-state index contributed by atoms with van der Waals surface area (Å²) in [6.45, 7) is 4.94. The van der Waals surface area contributed by atoms with Gasteiger partial charge in [-0.15, -0.1) is 11.3 Å². The van der Waals surface area contributed by atoms with Crippen LogP contribution in [0.3, 0.4) is 0 Å². The first kappa shape index (κ1) is 24.7. The molecule has 0 radical (unpaired) electrons. The maximum absolute atomic E-state index is 13.3. The highest BCUT2D eigenvalue weighted by Crippen LogP contribution is 2.62. The average Bonchev–Trinajstić information content (AvgIpc) is 3.52. The molecule has 5 atom stereocenters. The summed E-state index contributed by atoms with van der Waals surface area (Å²) in [5.74, 6) is 0.167. The number of hydrogen-bond donors (Lipinski definition) is 4. The predicted octanol–water partition coefficient (Wildman–Crippen LogP) is 4.62. The lowest BCUT2D eigenvalue weighted by Gasteiger charge is -2.58. The van der Waals surface area contributed by atoms with Gasteiger partial charge in [-0.25, -0.2) is 4.98 Å². The Morgan fingerprint density at radius 1 is 1.17 bits per heavy atom. The molecule has 0 spiro atoms. The number of hydrogen-bond acceptors (Lipinski definition) is 6. The van der Waals surface area contributed by atoms with Gasteiger partial charge in [-0.3, -0.25) is 4.79 Å². The number of carbonyl (C=O) groups is 1. The van der Waals surface area contributed by atoms with Crippen LogP contribution in [0, 0.1) is 16.7 Å². The second-order valence-corrected chi connectivity index (χ2v) is 12.5. The van der Waals surface area contributed by atoms with Crippen LogP contribution in [-0.2, 0) is 17.8 Å². The van der Waals surface area contributed by atoms with Gasteiger partial charge in [0.2, 0.25) is 5.91 Å². The summed E-state index contributed by atoms with van der Waals surface area (Å²) in [6.07, 6.45) is 6.65. The minimum atomic E-state index is -0.591. The van der Waals surface area contributed by atoms with Crippen molar-refractivity contribution >= 4 is 22.4 Å². The Morgan fingerprint density at radius 3 is 2.63 bits per heavy atom. The molecule has 0 aliphatic heterocycles. The smallest absolute Gasteiger partial charge is 0.220 e. The second kappa shape index (κ2) is 9.83. The molecule has 1 amide bonds. The number of anilines is 1. The van der Waals surface area contributed by atoms with Crippen molar-refractivity contribution in [3.8, 4) is 0 Å². The van der Waals surface area contributed by atoms with Crippen LogP contribution in [0.1, 0.15) is 80.8 Å². The molecule has 4 N–H and O–H groups in total. The standard InChI is InChI=1S/C28H39N3O3S/c1-27-13-12-23(33)28(2,17-32)22(27)15-21-25(20(27)14-24(34)30-19-10-6-7-11-19)31-26(35-21)29-16-18-8-4-3-5-9-18/h3-5,8-9,19-20,22-23,32-33H,6-7,10-17H2,1-2H3,(H,29,31)(H,30,34). The van der Waals surface area contributed by atoms with E-state index in [2.05, 4.69) is 29.7 Å². The van der Waals surface area contributed by atoms with Gasteiger partial charge in [0.1, 0.15) is 0 Å². The normalized spacial score (nSPS) is 32.6. The molecule has 1 aromatic heterocycles. The third kappa shape index (κ3) is 4.63. The van der Waals surface area contributed by atoms with Gasteiger partial charge in [0.15, 0.2) is 5.13 Å². The first-order valence-electron chi connectivity index (χ1n) is 13.2. The maximum Gasteiger partial charge on any atom is 0.220 e. The van der Waals surface area contributed by atoms with Crippen LogP contribution in [0.5, 0.6) is 0 Å². The highest BCUT2D eigenvalue weighted by Gasteiger charge is 2.59. The van der Waals surface area contributed by atoms with E-state index in [9.17, 15) is 15.0 Å². The van der Waals surface area contributed by atoms with Crippen molar-refractivity contribution in [2.45, 2.75) is 89.8 Å². The number of nitrogens with one attached hydrogen (secondary N) is 2. The number of aliphatic hydroxyl groups is 2. The first-order valence-corrected chi connectivity index (χ1v) is 14.0. The number of rotatable bonds is 7. The van der Waals surface area contributed by atoms with Crippen LogP contribution in [0.4, 0.5) is 5.13 Å². The van der Waals surface area contributed by atoms with E-state index in [0.29, 0.717) is 25.4 Å². The summed E-state index contributed by atoms with van der Waals surface area (Å²) in [6, 6.07) is 10.6. The Labute approximate surface area is 212 Å². The summed E-state index contributed by atoms with van der Waals surface area (Å²) < 4.78 is 0. The molecular weight excluding hydrogens is 458 g/mol. The van der Waals surface area contributed by atoms with Gasteiger partial charge < -0.3 is 20.8 Å². The fourth-order valence-electron chi connectivity index (χ4n) is 7.04. The van der Waals surface area contributed by atoms with Gasteiger partial charge in [0, 0.05) is 35.2 Å². The van der Waals surface area contributed by atoms with E-state index in [1.807, 2.05) is 25.1 Å². The van der Waals surface area contributed by atoms with Crippen molar-refractivity contribution in [1.29, 1.82) is 0 Å². The SMILES string of the molecule is CC1(CO)C(O)CCC2(C)C(CC(=O)NC3CCCC3)c3nc(NCc4ccccc4)sc3CC12. The van der Waals surface area contributed by atoms with Gasteiger partial charge in [-0.05, 0) is 49.0 Å². The zero-order chi connectivity index (χ0) is 24.6. The molecule has 1 aromatic carbocycles. The Kier molecular flexibility index (Phi) is 6.94. The van der Waals surface area contributed by atoms with E-state index in [4.69, 9.17) is 4.98 Å². The molecule has 5 unspecified atom stereocenters. The van der Waals surface area contributed by atoms with Crippen LogP contribution in [-0.4, -0.2) is 39.9 Å². The maximum atomic E-state index is 13.3. The lowest BCUT2D eigenvalue weighted by Crippen LogP contribution is -2.57. The molecule has 3 aliphatic rings. The molecule has 2 fully saturated rings. The number of nitrogens with zero attached hydrogens (tertiary/aromatic N) is 1. The molecule has 35 heavy (non-hydrogen) atoms. The van der Waals surface area contributed by atoms with Crippen molar-refractivity contribution in [3.05, 3.63) is 46.5 Å². The molecule has 2 saturated carbocycles. The molecule has 1 heterocycles. The lowest BCUT2D eigenvalue weighted by molar-refractivity contribution is -0.144. The largest absolute Gasteiger partial charge is 0.396 e. The van der Waals surface area contributed by atoms with Crippen molar-refractivity contribution in [2.24, 2.45) is 16.7 Å². The summed E-state index contributed by atoms with van der Waals surface area (Å²) in [5, 5.41) is 29.0. The Hall–Kier alpha value is -1.96. The Balaban J connectivity index is 1.45. The molecule has 0 saturated heterocycles. The van der Waals surface area contributed by atoms with Crippen molar-refractivity contribution in [3.63, 3.8) is 0 Å². The molecule has 7 heteroatoms. The Bertz CT molecular complexity index is 1040. The summed E-state index contributed by atoms with van der Waals surface area (Å²) >= 11 is 1.67. The van der Waals surface area contributed by atoms with Gasteiger partial charge in [0.05, 0.1) is 18.4 Å². The summed E-state index contributed by atoms with van der Waals surface area (Å²) in [7, 11) is 0. The molecule has 0 bridgehead atoms. The molecule has 190 valence electrons. The molecule has 3 aliphatic carbocycles. The van der Waals surface area contributed by atoms with E-state index < -0.39 is 11.5 Å². The van der Waals surface area contributed by atoms with Gasteiger partial charge in [-0.1, -0.05) is 57.0 Å². The van der Waals surface area contributed by atoms with Gasteiger partial charge in [-0.2, -0.15) is 0 Å². The van der Waals surface area contributed by atoms with Crippen LogP contribution in [0.15, 0.2) is 30.3 Å². The fourth-order valence-corrected chi connectivity index (χ4v) is 8.10. The van der Waals surface area contributed by atoms with Crippen LogP contribution in [0.25, 0.3) is 0 Å². The molecule has 5 rings (SSSR count). The molecule has 2 aromatic rings. The third-order valence-electron chi connectivity index (χ3n) is 9.29. The van der Waals surface area contributed by atoms with Gasteiger partial charge in [0.25, 0.3) is 0 Å². The van der Waals surface area contributed by atoms with E-state index in [-0.39, 0.29) is 29.8 Å². The number of thiazole rings is 1. The first-order chi connectivity index (χ1) is 16.8. The van der Waals surface area contributed by atoms with E-state index in [1.54, 1.807) is 11.3 Å². The summed E-state index contributed by atoms with van der Waals surface area (Å²) in [5.41, 5.74) is 1.45. The van der Waals surface area contributed by atoms with Crippen LogP contribution >= 0.6 is 11.3 Å². The van der Waals surface area contributed by atoms with E-state index in [1.165, 1.54) is 23.3 Å². The topological polar surface area (TPSA) is 94.5 Å². The van der Waals surface area contributed by atoms with Crippen molar-refractivity contribution in [1.82, 2.24) is 10.3 Å². The van der Waals surface area contributed by atoms with Crippen molar-refractivity contribution < 1.29 is 15.0 Å². The zero-order valence-corrected chi connectivity index (χ0v) is 21.7. The number of aliphatic hydroxyl groups excluding tert-OH is 2. The van der Waals surface area contributed by atoms with Crippen LogP contribution in [0.2, 0.25) is 0 Å². The number of carbonyl (C=O) groups excluding carboxylic acids is 1. The predicted molar refractivity (Wildman–Crippen MR) is 139 cm³/mol. The number of fused-ring (bicyclic) bond motifs is 2. The van der Waals surface area contributed by atoms with E-state index >= 15 is 0 Å². The number of amides is 1. The zero-order valence-electron chi connectivity index (χ0n) is 20.9. The number of aromatic nitrogens is 1. The quantitative estimate of drug-likeness (QED) is 0.448.